The van der Waals surface area contributed by atoms with Gasteiger partial charge in [0.2, 0.25) is 0 Å². The predicted octanol–water partition coefficient (Wildman–Crippen LogP) is 1.18. The number of aromatic nitrogens is 2. The summed E-state index contributed by atoms with van der Waals surface area (Å²) in [6.07, 6.45) is 2.48. The third kappa shape index (κ3) is 5.89. The number of nitrogens with two attached hydrogens (primary N) is 2. The minimum absolute atomic E-state index is 0.0308. The molecule has 0 saturated carbocycles. The van der Waals surface area contributed by atoms with Crippen molar-refractivity contribution in [1.82, 2.24) is 9.78 Å². The first-order valence-corrected chi connectivity index (χ1v) is 9.14. The maximum atomic E-state index is 12.2. The molecule has 1 amide bonds. The van der Waals surface area contributed by atoms with E-state index in [-0.39, 0.29) is 23.7 Å². The average Bonchev–Trinajstić information content (AvgIpc) is 3.25. The average molecular weight is 438 g/mol. The number of oxime groups is 1. The molecule has 2 aromatic carbocycles. The third-order valence-electron chi connectivity index (χ3n) is 4.12. The Labute approximate surface area is 181 Å². The molecule has 1 heterocycles. The fourth-order valence-electron chi connectivity index (χ4n) is 2.54. The molecule has 164 valence electrons. The van der Waals surface area contributed by atoms with E-state index in [1.807, 2.05) is 0 Å². The monoisotopic (exact) mass is 438 g/mol. The molecule has 0 aliphatic heterocycles. The predicted molar refractivity (Wildman–Crippen MR) is 112 cm³/mol. The van der Waals surface area contributed by atoms with Crippen molar-refractivity contribution >= 4 is 23.4 Å². The van der Waals surface area contributed by atoms with Crippen LogP contribution in [0.2, 0.25) is 0 Å². The first kappa shape index (κ1) is 22.0. The summed E-state index contributed by atoms with van der Waals surface area (Å²) in [5.74, 6) is -0.921. The second kappa shape index (κ2) is 9.84. The van der Waals surface area contributed by atoms with Gasteiger partial charge in [-0.05, 0) is 42.0 Å². The lowest BCUT2D eigenvalue weighted by Gasteiger charge is -2.05. The van der Waals surface area contributed by atoms with Gasteiger partial charge in [0, 0.05) is 5.56 Å². The van der Waals surface area contributed by atoms with E-state index >= 15 is 0 Å². The molecular formula is C20H18N6O6. The van der Waals surface area contributed by atoms with Gasteiger partial charge in [-0.25, -0.2) is 4.79 Å². The molecule has 0 bridgehead atoms. The normalized spacial score (nSPS) is 11.1. The number of amidine groups is 1. The van der Waals surface area contributed by atoms with Crippen LogP contribution < -0.4 is 16.2 Å². The molecular weight excluding hydrogens is 420 g/mol. The van der Waals surface area contributed by atoms with Crippen LogP contribution >= 0.6 is 0 Å². The summed E-state index contributed by atoms with van der Waals surface area (Å²) in [6, 6.07) is 12.7. The Balaban J connectivity index is 1.57. The van der Waals surface area contributed by atoms with Gasteiger partial charge in [0.25, 0.3) is 5.91 Å². The Morgan fingerprint density at radius 2 is 1.72 bits per heavy atom. The van der Waals surface area contributed by atoms with Crippen molar-refractivity contribution < 1.29 is 24.1 Å². The number of ether oxygens (including phenoxy) is 1. The van der Waals surface area contributed by atoms with Crippen LogP contribution in [0, 0.1) is 10.1 Å². The van der Waals surface area contributed by atoms with Crippen LogP contribution in [0.1, 0.15) is 21.5 Å². The number of carbonyl (C=O) groups is 2. The van der Waals surface area contributed by atoms with Gasteiger partial charge in [0.05, 0.1) is 17.0 Å². The van der Waals surface area contributed by atoms with Crippen molar-refractivity contribution in [3.05, 3.63) is 87.7 Å². The highest BCUT2D eigenvalue weighted by molar-refractivity contribution is 5.98. The Bertz CT molecular complexity index is 1150. The lowest BCUT2D eigenvalue weighted by atomic mass is 10.1. The van der Waals surface area contributed by atoms with E-state index in [1.165, 1.54) is 23.0 Å². The fraction of sp³-hybridized carbons (Fsp3) is 0.100. The summed E-state index contributed by atoms with van der Waals surface area (Å²) < 4.78 is 6.56. The van der Waals surface area contributed by atoms with Crippen molar-refractivity contribution in [2.24, 2.45) is 16.6 Å². The zero-order valence-electron chi connectivity index (χ0n) is 16.6. The highest BCUT2D eigenvalue weighted by Gasteiger charge is 2.11. The molecule has 0 unspecified atom stereocenters. The van der Waals surface area contributed by atoms with Gasteiger partial charge in [-0.3, -0.25) is 19.6 Å². The fourth-order valence-corrected chi connectivity index (χ4v) is 2.54. The number of nitro groups is 1. The number of amides is 1. The van der Waals surface area contributed by atoms with Gasteiger partial charge in [-0.1, -0.05) is 17.3 Å². The summed E-state index contributed by atoms with van der Waals surface area (Å²) in [5, 5.41) is 18.3. The maximum Gasteiger partial charge on any atom is 0.365 e. The highest BCUT2D eigenvalue weighted by atomic mass is 16.7. The van der Waals surface area contributed by atoms with Gasteiger partial charge in [-0.2, -0.15) is 5.10 Å². The lowest BCUT2D eigenvalue weighted by Crippen LogP contribution is -2.20. The molecule has 3 aromatic rings. The van der Waals surface area contributed by atoms with E-state index in [0.29, 0.717) is 17.9 Å². The van der Waals surface area contributed by atoms with Crippen molar-refractivity contribution in [3.8, 4) is 5.75 Å². The SMILES string of the molecule is NC(=O)COc1ccc(/C(N)=N/OC(=O)c2ccc(Cn3cc([N+](=O)[O-])cn3)cc2)cc1. The summed E-state index contributed by atoms with van der Waals surface area (Å²) in [7, 11) is 0. The zero-order chi connectivity index (χ0) is 23.1. The number of hydrogen-bond donors (Lipinski definition) is 2. The van der Waals surface area contributed by atoms with Crippen molar-refractivity contribution in [1.29, 1.82) is 0 Å². The number of nitrogens with zero attached hydrogens (tertiary/aromatic N) is 4. The molecule has 0 aliphatic carbocycles. The van der Waals surface area contributed by atoms with E-state index in [1.54, 1.807) is 36.4 Å². The number of hydrogen-bond acceptors (Lipinski definition) is 8. The molecule has 0 radical (unpaired) electrons. The molecule has 0 atom stereocenters. The van der Waals surface area contributed by atoms with Gasteiger partial charge in [0.15, 0.2) is 12.4 Å². The molecule has 0 saturated heterocycles. The van der Waals surface area contributed by atoms with E-state index in [9.17, 15) is 19.7 Å². The third-order valence-corrected chi connectivity index (χ3v) is 4.12. The van der Waals surface area contributed by atoms with Crippen LogP contribution in [0.3, 0.4) is 0 Å². The quantitative estimate of drug-likeness (QED) is 0.164. The number of carbonyl (C=O) groups excluding carboxylic acids is 2. The Kier molecular flexibility index (Phi) is 6.75. The molecule has 32 heavy (non-hydrogen) atoms. The molecule has 0 spiro atoms. The number of benzene rings is 2. The second-order valence-corrected chi connectivity index (χ2v) is 6.48. The summed E-state index contributed by atoms with van der Waals surface area (Å²) in [5.41, 5.74) is 12.2. The van der Waals surface area contributed by atoms with E-state index < -0.39 is 16.8 Å². The zero-order valence-corrected chi connectivity index (χ0v) is 16.6. The second-order valence-electron chi connectivity index (χ2n) is 6.48. The van der Waals surface area contributed by atoms with E-state index in [0.717, 1.165) is 11.8 Å². The van der Waals surface area contributed by atoms with E-state index in [2.05, 4.69) is 10.3 Å². The number of rotatable bonds is 9. The van der Waals surface area contributed by atoms with Gasteiger partial charge in [-0.15, -0.1) is 0 Å². The summed E-state index contributed by atoms with van der Waals surface area (Å²) >= 11 is 0. The summed E-state index contributed by atoms with van der Waals surface area (Å²) in [4.78, 5) is 38.0. The highest BCUT2D eigenvalue weighted by Crippen LogP contribution is 2.13. The lowest BCUT2D eigenvalue weighted by molar-refractivity contribution is -0.385. The molecule has 1 aromatic heterocycles. The minimum atomic E-state index is -0.712. The molecule has 4 N–H and O–H groups in total. The minimum Gasteiger partial charge on any atom is -0.484 e. The topological polar surface area (TPSA) is 178 Å². The van der Waals surface area contributed by atoms with Crippen molar-refractivity contribution in [2.75, 3.05) is 6.61 Å². The van der Waals surface area contributed by atoms with Crippen LogP contribution in [-0.2, 0) is 16.2 Å². The van der Waals surface area contributed by atoms with Crippen LogP contribution in [0.4, 0.5) is 5.69 Å². The van der Waals surface area contributed by atoms with E-state index in [4.69, 9.17) is 21.0 Å². The molecule has 0 aliphatic rings. The van der Waals surface area contributed by atoms with Gasteiger partial charge >= 0.3 is 11.7 Å². The molecule has 12 heteroatoms. The van der Waals surface area contributed by atoms with Crippen molar-refractivity contribution in [2.45, 2.75) is 6.54 Å². The smallest absolute Gasteiger partial charge is 0.365 e. The van der Waals surface area contributed by atoms with Crippen LogP contribution in [0.5, 0.6) is 5.75 Å². The Morgan fingerprint density at radius 1 is 1.06 bits per heavy atom. The Hall–Kier alpha value is -4.74. The number of primary amides is 1. The van der Waals surface area contributed by atoms with Gasteiger partial charge in [0.1, 0.15) is 18.1 Å². The van der Waals surface area contributed by atoms with Crippen LogP contribution in [-0.4, -0.2) is 39.0 Å². The molecule has 12 nitrogen and oxygen atoms in total. The largest absolute Gasteiger partial charge is 0.484 e. The van der Waals surface area contributed by atoms with Gasteiger partial charge < -0.3 is 21.0 Å². The molecule has 3 rings (SSSR count). The van der Waals surface area contributed by atoms with Crippen molar-refractivity contribution in [3.63, 3.8) is 0 Å². The maximum absolute atomic E-state index is 12.2. The first-order chi connectivity index (χ1) is 15.3. The Morgan fingerprint density at radius 3 is 2.31 bits per heavy atom. The summed E-state index contributed by atoms with van der Waals surface area (Å²) in [6.45, 7) is 0.0502. The van der Waals surface area contributed by atoms with Crippen LogP contribution in [0.25, 0.3) is 0 Å². The first-order valence-electron chi connectivity index (χ1n) is 9.14. The van der Waals surface area contributed by atoms with Crippen LogP contribution in [0.15, 0.2) is 66.1 Å². The molecule has 0 fully saturated rings. The standard InChI is InChI=1S/C20H18N6O6/c21-18(27)12-31-17-7-5-14(6-8-17)19(22)24-32-20(28)15-3-1-13(2-4-15)10-25-11-16(9-23-25)26(29)30/h1-9,11H,10,12H2,(H2,21,27)(H2,22,24).